The Morgan fingerprint density at radius 1 is 1.60 bits per heavy atom. The van der Waals surface area contributed by atoms with Gasteiger partial charge in [-0.1, -0.05) is 11.6 Å². The minimum atomic E-state index is -1.11. The fraction of sp³-hybridized carbons (Fsp3) is 0.111. The standard InChI is InChI=1S/C9H7ClN2O3/c1-5-6(10)4-12(11-5)8-3-2-7(15-8)9(13)14/h2-4H,1H3,(H,13,14). The molecule has 0 saturated heterocycles. The maximum atomic E-state index is 10.6. The lowest BCUT2D eigenvalue weighted by molar-refractivity contribution is 0.0662. The number of furan rings is 1. The van der Waals surface area contributed by atoms with Gasteiger partial charge in [0.25, 0.3) is 0 Å². The monoisotopic (exact) mass is 226 g/mol. The van der Waals surface area contributed by atoms with Crippen LogP contribution in [0.5, 0.6) is 0 Å². The second-order valence-electron chi connectivity index (χ2n) is 2.95. The van der Waals surface area contributed by atoms with Crippen molar-refractivity contribution < 1.29 is 14.3 Å². The van der Waals surface area contributed by atoms with Crippen LogP contribution in [-0.4, -0.2) is 20.9 Å². The summed E-state index contributed by atoms with van der Waals surface area (Å²) >= 11 is 5.81. The molecule has 0 aliphatic rings. The first kappa shape index (κ1) is 9.79. The normalized spacial score (nSPS) is 10.5. The third-order valence-electron chi connectivity index (χ3n) is 1.87. The minimum Gasteiger partial charge on any atom is -0.475 e. The molecule has 0 amide bonds. The van der Waals surface area contributed by atoms with Gasteiger partial charge >= 0.3 is 5.97 Å². The summed E-state index contributed by atoms with van der Waals surface area (Å²) in [5.41, 5.74) is 0.657. The van der Waals surface area contributed by atoms with E-state index in [0.717, 1.165) is 0 Å². The molecule has 5 nitrogen and oxygen atoms in total. The van der Waals surface area contributed by atoms with Crippen LogP contribution in [-0.2, 0) is 0 Å². The number of carboxylic acid groups (broad SMARTS) is 1. The van der Waals surface area contributed by atoms with E-state index in [9.17, 15) is 4.79 Å². The van der Waals surface area contributed by atoms with E-state index in [1.165, 1.54) is 16.8 Å². The molecule has 0 aliphatic heterocycles. The molecule has 0 radical (unpaired) electrons. The van der Waals surface area contributed by atoms with Crippen molar-refractivity contribution in [3.63, 3.8) is 0 Å². The van der Waals surface area contributed by atoms with Crippen molar-refractivity contribution in [2.45, 2.75) is 6.92 Å². The number of carbonyl (C=O) groups is 1. The number of hydrogen-bond acceptors (Lipinski definition) is 3. The van der Waals surface area contributed by atoms with Crippen LogP contribution >= 0.6 is 11.6 Å². The van der Waals surface area contributed by atoms with Gasteiger partial charge in [-0.2, -0.15) is 5.10 Å². The molecule has 2 heterocycles. The molecule has 0 fully saturated rings. The lowest BCUT2D eigenvalue weighted by atomic mass is 10.5. The lowest BCUT2D eigenvalue weighted by Crippen LogP contribution is -1.94. The zero-order chi connectivity index (χ0) is 11.0. The first-order valence-electron chi connectivity index (χ1n) is 4.13. The Morgan fingerprint density at radius 2 is 2.33 bits per heavy atom. The van der Waals surface area contributed by atoms with Crippen LogP contribution in [0.4, 0.5) is 0 Å². The van der Waals surface area contributed by atoms with E-state index in [4.69, 9.17) is 21.1 Å². The van der Waals surface area contributed by atoms with Crippen molar-refractivity contribution >= 4 is 17.6 Å². The van der Waals surface area contributed by atoms with E-state index < -0.39 is 5.97 Å². The van der Waals surface area contributed by atoms with E-state index in [0.29, 0.717) is 16.6 Å². The summed E-state index contributed by atoms with van der Waals surface area (Å²) in [5.74, 6) is -0.923. The maximum Gasteiger partial charge on any atom is 0.371 e. The molecule has 0 saturated carbocycles. The van der Waals surface area contributed by atoms with Crippen LogP contribution in [0.3, 0.4) is 0 Å². The van der Waals surface area contributed by atoms with Crippen molar-refractivity contribution in [2.24, 2.45) is 0 Å². The number of aromatic nitrogens is 2. The van der Waals surface area contributed by atoms with Gasteiger partial charge in [-0.05, 0) is 13.0 Å². The van der Waals surface area contributed by atoms with Crippen LogP contribution < -0.4 is 0 Å². The summed E-state index contributed by atoms with van der Waals surface area (Å²) < 4.78 is 6.43. The number of aromatic carboxylic acids is 1. The van der Waals surface area contributed by atoms with Crippen LogP contribution in [0.25, 0.3) is 5.88 Å². The highest BCUT2D eigenvalue weighted by Crippen LogP contribution is 2.18. The molecule has 0 unspecified atom stereocenters. The van der Waals surface area contributed by atoms with E-state index in [-0.39, 0.29) is 5.76 Å². The summed E-state index contributed by atoms with van der Waals surface area (Å²) in [7, 11) is 0. The Morgan fingerprint density at radius 3 is 2.80 bits per heavy atom. The summed E-state index contributed by atoms with van der Waals surface area (Å²) in [5, 5.41) is 13.2. The molecular formula is C9H7ClN2O3. The Balaban J connectivity index is 2.41. The van der Waals surface area contributed by atoms with E-state index in [1.807, 2.05) is 0 Å². The van der Waals surface area contributed by atoms with Gasteiger partial charge in [0.05, 0.1) is 16.9 Å². The van der Waals surface area contributed by atoms with E-state index in [2.05, 4.69) is 5.10 Å². The van der Waals surface area contributed by atoms with Crippen molar-refractivity contribution in [3.8, 4) is 5.88 Å². The highest BCUT2D eigenvalue weighted by molar-refractivity contribution is 6.31. The number of halogens is 1. The molecule has 1 N–H and O–H groups in total. The Bertz CT molecular complexity index is 496. The highest BCUT2D eigenvalue weighted by atomic mass is 35.5. The van der Waals surface area contributed by atoms with Gasteiger partial charge in [-0.15, -0.1) is 0 Å². The van der Waals surface area contributed by atoms with Crippen LogP contribution in [0.2, 0.25) is 5.02 Å². The molecule has 0 aromatic carbocycles. The number of nitrogens with zero attached hydrogens (tertiary/aromatic N) is 2. The predicted molar refractivity (Wildman–Crippen MR) is 52.5 cm³/mol. The second-order valence-corrected chi connectivity index (χ2v) is 3.36. The van der Waals surface area contributed by atoms with Crippen molar-refractivity contribution in [1.82, 2.24) is 9.78 Å². The summed E-state index contributed by atoms with van der Waals surface area (Å²) in [4.78, 5) is 10.6. The SMILES string of the molecule is Cc1nn(-c2ccc(C(=O)O)o2)cc1Cl. The van der Waals surface area contributed by atoms with Gasteiger partial charge in [-0.25, -0.2) is 9.48 Å². The van der Waals surface area contributed by atoms with Gasteiger partial charge in [0, 0.05) is 6.07 Å². The molecule has 2 aromatic heterocycles. The zero-order valence-electron chi connectivity index (χ0n) is 7.77. The van der Waals surface area contributed by atoms with Crippen LogP contribution in [0.15, 0.2) is 22.7 Å². The second kappa shape index (κ2) is 3.43. The Labute approximate surface area is 89.9 Å². The molecule has 6 heteroatoms. The zero-order valence-corrected chi connectivity index (χ0v) is 8.52. The highest BCUT2D eigenvalue weighted by Gasteiger charge is 2.11. The van der Waals surface area contributed by atoms with Crippen molar-refractivity contribution in [3.05, 3.63) is 34.8 Å². The summed E-state index contributed by atoms with van der Waals surface area (Å²) in [6.45, 7) is 1.75. The van der Waals surface area contributed by atoms with Crippen molar-refractivity contribution in [1.29, 1.82) is 0 Å². The van der Waals surface area contributed by atoms with Gasteiger partial charge < -0.3 is 9.52 Å². The summed E-state index contributed by atoms with van der Waals surface area (Å²) in [6, 6.07) is 2.88. The van der Waals surface area contributed by atoms with E-state index in [1.54, 1.807) is 13.1 Å². The van der Waals surface area contributed by atoms with Gasteiger partial charge in [0.1, 0.15) is 0 Å². The number of hydrogen-bond donors (Lipinski definition) is 1. The quantitative estimate of drug-likeness (QED) is 0.852. The third kappa shape index (κ3) is 1.73. The smallest absolute Gasteiger partial charge is 0.371 e. The first-order chi connectivity index (χ1) is 7.08. The third-order valence-corrected chi connectivity index (χ3v) is 2.24. The Hall–Kier alpha value is -1.75. The van der Waals surface area contributed by atoms with Crippen molar-refractivity contribution in [2.75, 3.05) is 0 Å². The van der Waals surface area contributed by atoms with Gasteiger partial charge in [0.15, 0.2) is 0 Å². The number of carboxylic acids is 1. The van der Waals surface area contributed by atoms with Crippen LogP contribution in [0, 0.1) is 6.92 Å². The molecule has 0 bridgehead atoms. The Kier molecular flexibility index (Phi) is 2.24. The molecule has 0 spiro atoms. The fourth-order valence-corrected chi connectivity index (χ4v) is 1.25. The average Bonchev–Trinajstić information content (AvgIpc) is 2.74. The first-order valence-corrected chi connectivity index (χ1v) is 4.51. The molecule has 78 valence electrons. The lowest BCUT2D eigenvalue weighted by Gasteiger charge is -1.93. The minimum absolute atomic E-state index is 0.130. The van der Waals surface area contributed by atoms with E-state index >= 15 is 0 Å². The maximum absolute atomic E-state index is 10.6. The number of rotatable bonds is 2. The molecule has 15 heavy (non-hydrogen) atoms. The molecule has 0 aliphatic carbocycles. The van der Waals surface area contributed by atoms with Crippen LogP contribution in [0.1, 0.15) is 16.2 Å². The largest absolute Gasteiger partial charge is 0.475 e. The van der Waals surface area contributed by atoms with Gasteiger partial charge in [-0.3, -0.25) is 0 Å². The molecular weight excluding hydrogens is 220 g/mol. The predicted octanol–water partition coefficient (Wildman–Crippen LogP) is 2.13. The average molecular weight is 227 g/mol. The van der Waals surface area contributed by atoms with Gasteiger partial charge in [0.2, 0.25) is 11.6 Å². The molecule has 2 rings (SSSR count). The molecule has 2 aromatic rings. The topological polar surface area (TPSA) is 68.3 Å². The summed E-state index contributed by atoms with van der Waals surface area (Å²) in [6.07, 6.45) is 1.56. The number of aryl methyl sites for hydroxylation is 1. The molecule has 0 atom stereocenters. The fourth-order valence-electron chi connectivity index (χ4n) is 1.12.